The van der Waals surface area contributed by atoms with E-state index < -0.39 is 0 Å². The van der Waals surface area contributed by atoms with E-state index in [0.29, 0.717) is 23.7 Å². The second-order valence-corrected chi connectivity index (χ2v) is 11.5. The van der Waals surface area contributed by atoms with Gasteiger partial charge in [-0.05, 0) is 56.5 Å². The van der Waals surface area contributed by atoms with Gasteiger partial charge in [0.05, 0.1) is 0 Å². The summed E-state index contributed by atoms with van der Waals surface area (Å²) in [6.07, 6.45) is 0. The van der Waals surface area contributed by atoms with Gasteiger partial charge in [-0.25, -0.2) is 0 Å². The monoisotopic (exact) mass is 386 g/mol. The highest BCUT2D eigenvalue weighted by molar-refractivity contribution is 8.18. The maximum absolute atomic E-state index is 2.35. The Kier molecular flexibility index (Phi) is 7.88. The molecule has 2 rings (SSSR count). The Morgan fingerprint density at radius 1 is 0.462 bits per heavy atom. The van der Waals surface area contributed by atoms with E-state index in [1.807, 2.05) is 0 Å². The molecule has 26 heavy (non-hydrogen) atoms. The summed E-state index contributed by atoms with van der Waals surface area (Å²) >= 11 is 0. The zero-order valence-electron chi connectivity index (χ0n) is 17.8. The molecule has 0 amide bonds. The molecular formula is C24H36P2. The first kappa shape index (κ1) is 21.6. The summed E-state index contributed by atoms with van der Waals surface area (Å²) in [7, 11) is 1.74. The first-order valence-corrected chi connectivity index (χ1v) is 13.0. The van der Waals surface area contributed by atoms with Crippen LogP contribution in [0.15, 0.2) is 36.4 Å². The number of hydrogen-bond donors (Lipinski definition) is 0. The molecule has 0 fully saturated rings. The van der Waals surface area contributed by atoms with Crippen LogP contribution in [-0.4, -0.2) is 0 Å². The molecule has 0 bridgehead atoms. The Bertz CT molecular complexity index is 611. The Labute approximate surface area is 165 Å². The highest BCUT2D eigenvalue weighted by atomic mass is 32.0. The smallest absolute Gasteiger partial charge is 0.0158 e. The fourth-order valence-corrected chi connectivity index (χ4v) is 8.31. The molecule has 0 spiro atoms. The van der Waals surface area contributed by atoms with E-state index in [2.05, 4.69) is 91.8 Å². The van der Waals surface area contributed by atoms with Gasteiger partial charge in [0, 0.05) is 0 Å². The van der Waals surface area contributed by atoms with Gasteiger partial charge < -0.3 is 0 Å². The SMILES string of the molecule is CC(C)c1cccc(C(C)C)c1PPc1c(C(C)C)cccc1C(C)C. The summed E-state index contributed by atoms with van der Waals surface area (Å²) in [5, 5.41) is 3.26. The van der Waals surface area contributed by atoms with Crippen LogP contribution in [0.3, 0.4) is 0 Å². The average Bonchev–Trinajstić information content (AvgIpc) is 2.58. The van der Waals surface area contributed by atoms with Crippen molar-refractivity contribution in [1.82, 2.24) is 0 Å². The zero-order chi connectivity index (χ0) is 19.4. The number of rotatable bonds is 7. The van der Waals surface area contributed by atoms with Crippen LogP contribution in [0.1, 0.15) is 101 Å². The number of hydrogen-bond acceptors (Lipinski definition) is 0. The van der Waals surface area contributed by atoms with Crippen molar-refractivity contribution in [2.75, 3.05) is 0 Å². The van der Waals surface area contributed by atoms with Gasteiger partial charge in [0.25, 0.3) is 0 Å². The van der Waals surface area contributed by atoms with Gasteiger partial charge in [-0.1, -0.05) is 108 Å². The summed E-state index contributed by atoms with van der Waals surface area (Å²) < 4.78 is 0. The lowest BCUT2D eigenvalue weighted by molar-refractivity contribution is 0.846. The molecule has 0 aliphatic carbocycles. The molecule has 0 aliphatic heterocycles. The zero-order valence-corrected chi connectivity index (χ0v) is 19.8. The third kappa shape index (κ3) is 4.97. The van der Waals surface area contributed by atoms with E-state index in [1.165, 1.54) is 0 Å². The van der Waals surface area contributed by atoms with E-state index in [0.717, 1.165) is 16.5 Å². The van der Waals surface area contributed by atoms with Crippen LogP contribution in [0.5, 0.6) is 0 Å². The normalized spacial score (nSPS) is 12.9. The first-order chi connectivity index (χ1) is 12.2. The fourth-order valence-electron chi connectivity index (χ4n) is 3.52. The minimum Gasteiger partial charge on any atom is -0.0627 e. The molecule has 2 heteroatoms. The van der Waals surface area contributed by atoms with Gasteiger partial charge in [0.15, 0.2) is 0 Å². The maximum atomic E-state index is 2.35. The Morgan fingerprint density at radius 2 is 0.692 bits per heavy atom. The molecule has 0 heterocycles. The van der Waals surface area contributed by atoms with Crippen LogP contribution in [-0.2, 0) is 0 Å². The van der Waals surface area contributed by atoms with Crippen molar-refractivity contribution in [2.24, 2.45) is 0 Å². The molecule has 0 saturated heterocycles. The summed E-state index contributed by atoms with van der Waals surface area (Å²) in [5.74, 6) is 2.36. The third-order valence-electron chi connectivity index (χ3n) is 5.06. The molecule has 0 nitrogen and oxygen atoms in total. The van der Waals surface area contributed by atoms with Crippen molar-refractivity contribution in [2.45, 2.75) is 79.1 Å². The van der Waals surface area contributed by atoms with Gasteiger partial charge in [-0.15, -0.1) is 0 Å². The van der Waals surface area contributed by atoms with Gasteiger partial charge in [-0.2, -0.15) is 0 Å². The standard InChI is InChI=1S/C24H36P2/c1-15(2)19-11-9-12-20(16(3)4)23(19)25-26-24-21(17(5)6)13-10-14-22(24)18(7)8/h9-18,25-26H,1-8H3. The fraction of sp³-hybridized carbons (Fsp3) is 0.500. The molecule has 0 radical (unpaired) electrons. The summed E-state index contributed by atoms with van der Waals surface area (Å²) in [4.78, 5) is 0. The lowest BCUT2D eigenvalue weighted by atomic mass is 9.95. The molecule has 0 aliphatic rings. The second-order valence-electron chi connectivity index (χ2n) is 8.49. The highest BCUT2D eigenvalue weighted by Gasteiger charge is 2.17. The Morgan fingerprint density at radius 3 is 0.885 bits per heavy atom. The minimum atomic E-state index is 0.589. The Hall–Kier alpha value is -0.700. The molecule has 0 aromatic heterocycles. The van der Waals surface area contributed by atoms with E-state index in [9.17, 15) is 0 Å². The summed E-state index contributed by atoms with van der Waals surface area (Å²) in [6, 6.07) is 13.9. The molecule has 2 aromatic carbocycles. The van der Waals surface area contributed by atoms with Crippen molar-refractivity contribution in [3.63, 3.8) is 0 Å². The lowest BCUT2D eigenvalue weighted by Gasteiger charge is -2.23. The van der Waals surface area contributed by atoms with Crippen LogP contribution in [0.25, 0.3) is 0 Å². The Balaban J connectivity index is 2.47. The molecule has 142 valence electrons. The van der Waals surface area contributed by atoms with Crippen LogP contribution < -0.4 is 10.6 Å². The summed E-state index contributed by atoms with van der Waals surface area (Å²) in [6.45, 7) is 18.7. The van der Waals surface area contributed by atoms with Gasteiger partial charge in [0.1, 0.15) is 0 Å². The molecule has 0 saturated carbocycles. The first-order valence-electron chi connectivity index (χ1n) is 10.0. The van der Waals surface area contributed by atoms with Gasteiger partial charge in [0.2, 0.25) is 0 Å². The van der Waals surface area contributed by atoms with Gasteiger partial charge >= 0.3 is 0 Å². The van der Waals surface area contributed by atoms with E-state index >= 15 is 0 Å². The predicted molar refractivity (Wildman–Crippen MR) is 125 cm³/mol. The molecular weight excluding hydrogens is 350 g/mol. The van der Waals surface area contributed by atoms with Crippen molar-refractivity contribution >= 4 is 27.1 Å². The van der Waals surface area contributed by atoms with E-state index in [4.69, 9.17) is 0 Å². The predicted octanol–water partition coefficient (Wildman–Crippen LogP) is 7.40. The number of benzene rings is 2. The van der Waals surface area contributed by atoms with Crippen LogP contribution in [0.4, 0.5) is 0 Å². The topological polar surface area (TPSA) is 0 Å². The van der Waals surface area contributed by atoms with Crippen molar-refractivity contribution < 1.29 is 0 Å². The average molecular weight is 387 g/mol. The second kappa shape index (κ2) is 9.48. The molecule has 2 atom stereocenters. The van der Waals surface area contributed by atoms with Crippen molar-refractivity contribution in [3.05, 3.63) is 58.7 Å². The third-order valence-corrected chi connectivity index (χ3v) is 8.71. The highest BCUT2D eigenvalue weighted by Crippen LogP contribution is 2.43. The largest absolute Gasteiger partial charge is 0.0627 e. The van der Waals surface area contributed by atoms with E-state index in [-0.39, 0.29) is 0 Å². The van der Waals surface area contributed by atoms with Crippen molar-refractivity contribution in [1.29, 1.82) is 0 Å². The van der Waals surface area contributed by atoms with Crippen LogP contribution in [0.2, 0.25) is 0 Å². The van der Waals surface area contributed by atoms with E-state index in [1.54, 1.807) is 32.9 Å². The van der Waals surface area contributed by atoms with Crippen LogP contribution >= 0.6 is 16.5 Å². The minimum absolute atomic E-state index is 0.589. The summed E-state index contributed by atoms with van der Waals surface area (Å²) in [5.41, 5.74) is 6.20. The molecule has 0 N–H and O–H groups in total. The lowest BCUT2D eigenvalue weighted by Crippen LogP contribution is -2.15. The van der Waals surface area contributed by atoms with Crippen molar-refractivity contribution in [3.8, 4) is 0 Å². The molecule has 2 aromatic rings. The quantitative estimate of drug-likeness (QED) is 0.435. The van der Waals surface area contributed by atoms with Gasteiger partial charge in [-0.3, -0.25) is 0 Å². The maximum Gasteiger partial charge on any atom is -0.0158 e. The van der Waals surface area contributed by atoms with Crippen LogP contribution in [0, 0.1) is 0 Å². The molecule has 2 unspecified atom stereocenters.